The van der Waals surface area contributed by atoms with Gasteiger partial charge in [0.25, 0.3) is 0 Å². The third-order valence-corrected chi connectivity index (χ3v) is 4.38. The maximum Gasteiger partial charge on any atom is 0.0419 e. The van der Waals surface area contributed by atoms with E-state index < -0.39 is 10.8 Å². The van der Waals surface area contributed by atoms with Crippen LogP contribution in [0.1, 0.15) is 18.1 Å². The summed E-state index contributed by atoms with van der Waals surface area (Å²) in [6, 6.07) is 6.46. The van der Waals surface area contributed by atoms with Gasteiger partial charge in [0, 0.05) is 47.6 Å². The number of rotatable bonds is 6. The van der Waals surface area contributed by atoms with E-state index in [0.717, 1.165) is 37.6 Å². The lowest BCUT2D eigenvalue weighted by atomic mass is 10.1. The standard InChI is InChI=1S/C13H20N2OS/c1-2-17(16)9-8-14-10-12-5-3-4-11-6-7-15-13(11)12/h3-5,14-15H,2,6-10H2,1H3. The first-order chi connectivity index (χ1) is 8.31. The van der Waals surface area contributed by atoms with Gasteiger partial charge in [0.1, 0.15) is 0 Å². The molecule has 4 heteroatoms. The maximum absolute atomic E-state index is 11.3. The van der Waals surface area contributed by atoms with E-state index in [1.807, 2.05) is 6.92 Å². The van der Waals surface area contributed by atoms with Gasteiger partial charge in [0.2, 0.25) is 0 Å². The Balaban J connectivity index is 1.83. The van der Waals surface area contributed by atoms with Crippen LogP contribution < -0.4 is 10.6 Å². The molecule has 0 spiro atoms. The molecule has 1 aromatic rings. The lowest BCUT2D eigenvalue weighted by Gasteiger charge is -2.09. The largest absolute Gasteiger partial charge is 0.384 e. The third kappa shape index (κ3) is 3.30. The highest BCUT2D eigenvalue weighted by Crippen LogP contribution is 2.25. The molecule has 1 aliphatic heterocycles. The van der Waals surface area contributed by atoms with Crippen LogP contribution in [0.2, 0.25) is 0 Å². The second-order valence-corrected chi connectivity index (χ2v) is 6.10. The van der Waals surface area contributed by atoms with Crippen molar-refractivity contribution in [2.45, 2.75) is 19.9 Å². The van der Waals surface area contributed by atoms with E-state index in [1.54, 1.807) is 0 Å². The molecular weight excluding hydrogens is 232 g/mol. The quantitative estimate of drug-likeness (QED) is 0.754. The van der Waals surface area contributed by atoms with Crippen LogP contribution >= 0.6 is 0 Å². The summed E-state index contributed by atoms with van der Waals surface area (Å²) in [6.07, 6.45) is 1.13. The minimum Gasteiger partial charge on any atom is -0.384 e. The minimum absolute atomic E-state index is 0.662. The molecule has 0 saturated carbocycles. The Morgan fingerprint density at radius 2 is 2.35 bits per heavy atom. The van der Waals surface area contributed by atoms with Crippen molar-refractivity contribution in [2.75, 3.05) is 29.9 Å². The van der Waals surface area contributed by atoms with Gasteiger partial charge < -0.3 is 10.6 Å². The maximum atomic E-state index is 11.3. The van der Waals surface area contributed by atoms with Crippen LogP contribution in [0.15, 0.2) is 18.2 Å². The average Bonchev–Trinajstić information content (AvgIpc) is 2.83. The second kappa shape index (κ2) is 6.17. The van der Waals surface area contributed by atoms with Crippen molar-refractivity contribution in [3.05, 3.63) is 29.3 Å². The smallest absolute Gasteiger partial charge is 0.0419 e. The Hall–Kier alpha value is -0.870. The van der Waals surface area contributed by atoms with E-state index in [9.17, 15) is 4.21 Å². The van der Waals surface area contributed by atoms with Crippen molar-refractivity contribution in [2.24, 2.45) is 0 Å². The minimum atomic E-state index is -0.662. The van der Waals surface area contributed by atoms with Crippen LogP contribution in [0.5, 0.6) is 0 Å². The van der Waals surface area contributed by atoms with Crippen LogP contribution in [0.25, 0.3) is 0 Å². The monoisotopic (exact) mass is 252 g/mol. The average molecular weight is 252 g/mol. The van der Waals surface area contributed by atoms with E-state index in [0.29, 0.717) is 0 Å². The molecule has 0 aromatic heterocycles. The first kappa shape index (κ1) is 12.6. The lowest BCUT2D eigenvalue weighted by molar-refractivity contribution is 0.674. The predicted molar refractivity (Wildman–Crippen MR) is 73.9 cm³/mol. The van der Waals surface area contributed by atoms with Gasteiger partial charge in [0.15, 0.2) is 0 Å². The predicted octanol–water partition coefficient (Wildman–Crippen LogP) is 1.51. The fourth-order valence-electron chi connectivity index (χ4n) is 2.11. The number of nitrogens with one attached hydrogen (secondary N) is 2. The van der Waals surface area contributed by atoms with Gasteiger partial charge in [-0.15, -0.1) is 0 Å². The van der Waals surface area contributed by atoms with Crippen LogP contribution in [-0.2, 0) is 23.8 Å². The zero-order chi connectivity index (χ0) is 12.1. The normalized spacial score (nSPS) is 15.4. The van der Waals surface area contributed by atoms with Crippen LogP contribution in [0.3, 0.4) is 0 Å². The zero-order valence-corrected chi connectivity index (χ0v) is 11.1. The van der Waals surface area contributed by atoms with Crippen molar-refractivity contribution in [3.8, 4) is 0 Å². The highest BCUT2D eigenvalue weighted by molar-refractivity contribution is 7.84. The molecule has 1 aromatic carbocycles. The Morgan fingerprint density at radius 1 is 1.47 bits per heavy atom. The summed E-state index contributed by atoms with van der Waals surface area (Å²) in [6.45, 7) is 4.69. The Morgan fingerprint density at radius 3 is 3.18 bits per heavy atom. The summed E-state index contributed by atoms with van der Waals surface area (Å²) in [7, 11) is -0.662. The topological polar surface area (TPSA) is 41.1 Å². The lowest BCUT2D eigenvalue weighted by Crippen LogP contribution is -2.21. The fourth-order valence-corrected chi connectivity index (χ4v) is 2.77. The molecule has 0 bridgehead atoms. The molecule has 1 atom stereocenters. The molecule has 2 N–H and O–H groups in total. The molecule has 0 saturated heterocycles. The van der Waals surface area contributed by atoms with E-state index >= 15 is 0 Å². The van der Waals surface area contributed by atoms with Gasteiger partial charge in [-0.25, -0.2) is 0 Å². The molecule has 0 fully saturated rings. The highest BCUT2D eigenvalue weighted by atomic mass is 32.2. The summed E-state index contributed by atoms with van der Waals surface area (Å²) >= 11 is 0. The molecule has 0 aliphatic carbocycles. The molecule has 0 radical (unpaired) electrons. The van der Waals surface area contributed by atoms with E-state index in [4.69, 9.17) is 0 Å². The van der Waals surface area contributed by atoms with E-state index in [-0.39, 0.29) is 0 Å². The first-order valence-electron chi connectivity index (χ1n) is 6.21. The zero-order valence-electron chi connectivity index (χ0n) is 10.3. The molecule has 1 aliphatic rings. The van der Waals surface area contributed by atoms with Gasteiger partial charge in [-0.2, -0.15) is 0 Å². The van der Waals surface area contributed by atoms with Crippen molar-refractivity contribution in [3.63, 3.8) is 0 Å². The Labute approximate surface area is 105 Å². The number of fused-ring (bicyclic) bond motifs is 1. The van der Waals surface area contributed by atoms with Crippen LogP contribution in [-0.4, -0.2) is 28.8 Å². The SMILES string of the molecule is CCS(=O)CCNCc1cccc2c1NCC2. The highest BCUT2D eigenvalue weighted by Gasteiger charge is 2.12. The van der Waals surface area contributed by atoms with E-state index in [1.165, 1.54) is 16.8 Å². The molecule has 1 heterocycles. The summed E-state index contributed by atoms with van der Waals surface area (Å²) < 4.78 is 11.3. The van der Waals surface area contributed by atoms with Crippen molar-refractivity contribution < 1.29 is 4.21 Å². The molecule has 2 rings (SSSR count). The van der Waals surface area contributed by atoms with Gasteiger partial charge in [-0.3, -0.25) is 4.21 Å². The summed E-state index contributed by atoms with van der Waals surface area (Å²) in [5.41, 5.74) is 4.04. The second-order valence-electron chi connectivity index (χ2n) is 4.24. The molecule has 17 heavy (non-hydrogen) atoms. The van der Waals surface area contributed by atoms with Gasteiger partial charge in [0.05, 0.1) is 0 Å². The molecule has 3 nitrogen and oxygen atoms in total. The van der Waals surface area contributed by atoms with Gasteiger partial charge >= 0.3 is 0 Å². The van der Waals surface area contributed by atoms with Crippen molar-refractivity contribution in [1.29, 1.82) is 0 Å². The molecule has 94 valence electrons. The molecule has 1 unspecified atom stereocenters. The van der Waals surface area contributed by atoms with Crippen molar-refractivity contribution in [1.82, 2.24) is 5.32 Å². The third-order valence-electron chi connectivity index (χ3n) is 3.08. The fraction of sp³-hybridized carbons (Fsp3) is 0.538. The molecule has 0 amide bonds. The number of hydrogen-bond acceptors (Lipinski definition) is 3. The van der Waals surface area contributed by atoms with Crippen LogP contribution in [0.4, 0.5) is 5.69 Å². The Kier molecular flexibility index (Phi) is 4.57. The Bertz CT molecular complexity index is 406. The van der Waals surface area contributed by atoms with E-state index in [2.05, 4.69) is 28.8 Å². The first-order valence-corrected chi connectivity index (χ1v) is 7.70. The molecular formula is C13H20N2OS. The number of para-hydroxylation sites is 1. The number of anilines is 1. The van der Waals surface area contributed by atoms with Crippen molar-refractivity contribution >= 4 is 16.5 Å². The summed E-state index contributed by atoms with van der Waals surface area (Å²) in [5, 5.41) is 6.79. The number of hydrogen-bond donors (Lipinski definition) is 2. The summed E-state index contributed by atoms with van der Waals surface area (Å²) in [5.74, 6) is 1.50. The van der Waals surface area contributed by atoms with Crippen LogP contribution in [0, 0.1) is 0 Å². The summed E-state index contributed by atoms with van der Waals surface area (Å²) in [4.78, 5) is 0. The van der Waals surface area contributed by atoms with Gasteiger partial charge in [-0.1, -0.05) is 25.1 Å². The number of benzene rings is 1. The van der Waals surface area contributed by atoms with Gasteiger partial charge in [-0.05, 0) is 17.5 Å².